The number of nitrogens with zero attached hydrogens (tertiary/aromatic N) is 1. The fourth-order valence-corrected chi connectivity index (χ4v) is 2.37. The summed E-state index contributed by atoms with van der Waals surface area (Å²) in [5.41, 5.74) is 2.17. The quantitative estimate of drug-likeness (QED) is 0.418. The second kappa shape index (κ2) is 3.53. The number of benzene rings is 1. The summed E-state index contributed by atoms with van der Waals surface area (Å²) in [5.74, 6) is -2.24. The Bertz CT molecular complexity index is 652. The third kappa shape index (κ3) is 1.24. The van der Waals surface area contributed by atoms with E-state index in [0.29, 0.717) is 29.7 Å². The van der Waals surface area contributed by atoms with Gasteiger partial charge in [0.1, 0.15) is 0 Å². The molecule has 1 aliphatic carbocycles. The lowest BCUT2D eigenvalue weighted by Gasteiger charge is -2.21. The zero-order chi connectivity index (χ0) is 12.9. The first kappa shape index (κ1) is 10.7. The lowest BCUT2D eigenvalue weighted by molar-refractivity contribution is 0.344. The predicted octanol–water partition coefficient (Wildman–Crippen LogP) is 1.67. The smallest absolute Gasteiger partial charge is 0.205 e. The molecule has 5 heteroatoms. The summed E-state index contributed by atoms with van der Waals surface area (Å²) in [6.45, 7) is 0. The number of aromatic nitrogens is 1. The molecule has 5 nitrogen and oxygen atoms in total. The molecule has 0 radical (unpaired) electrons. The number of hydrogen-bond acceptors (Lipinski definition) is 5. The highest BCUT2D eigenvalue weighted by molar-refractivity contribution is 5.83. The van der Waals surface area contributed by atoms with Crippen LogP contribution in [0.3, 0.4) is 0 Å². The van der Waals surface area contributed by atoms with Gasteiger partial charge >= 0.3 is 0 Å². The SMILES string of the molecule is Oc1c(O)c(O)c2c(c1O)CCc1cccnc1-2. The first-order valence-electron chi connectivity index (χ1n) is 5.54. The van der Waals surface area contributed by atoms with Gasteiger partial charge in [-0.3, -0.25) is 4.98 Å². The lowest BCUT2D eigenvalue weighted by Crippen LogP contribution is -2.06. The van der Waals surface area contributed by atoms with Crippen LogP contribution in [0.1, 0.15) is 11.1 Å². The standard InChI is InChI=1S/C13H11NO4/c15-10-7-4-3-6-2-1-5-14-9(6)8(7)11(16)13(18)12(10)17/h1-2,5,15-18H,3-4H2. The fraction of sp³-hybridized carbons (Fsp3) is 0.154. The van der Waals surface area contributed by atoms with Crippen LogP contribution >= 0.6 is 0 Å². The molecule has 1 aromatic carbocycles. The summed E-state index contributed by atoms with van der Waals surface area (Å²) in [4.78, 5) is 4.17. The maximum absolute atomic E-state index is 9.93. The van der Waals surface area contributed by atoms with Gasteiger partial charge in [0, 0.05) is 11.8 Å². The minimum Gasteiger partial charge on any atom is -0.504 e. The zero-order valence-corrected chi connectivity index (χ0v) is 9.38. The van der Waals surface area contributed by atoms with Crippen molar-refractivity contribution in [3.63, 3.8) is 0 Å². The van der Waals surface area contributed by atoms with E-state index in [-0.39, 0.29) is 0 Å². The van der Waals surface area contributed by atoms with Gasteiger partial charge in [0.2, 0.25) is 11.5 Å². The summed E-state index contributed by atoms with van der Waals surface area (Å²) in [6.07, 6.45) is 2.71. The minimum absolute atomic E-state index is 0.296. The van der Waals surface area contributed by atoms with E-state index in [9.17, 15) is 20.4 Å². The van der Waals surface area contributed by atoms with Crippen LogP contribution in [-0.4, -0.2) is 25.4 Å². The van der Waals surface area contributed by atoms with Crippen LogP contribution in [0.4, 0.5) is 0 Å². The lowest BCUT2D eigenvalue weighted by atomic mass is 9.87. The third-order valence-electron chi connectivity index (χ3n) is 3.27. The molecular formula is C13H11NO4. The van der Waals surface area contributed by atoms with Crippen molar-refractivity contribution in [1.82, 2.24) is 4.98 Å². The Kier molecular flexibility index (Phi) is 2.10. The Hall–Kier alpha value is -2.43. The highest BCUT2D eigenvalue weighted by atomic mass is 16.3. The average molecular weight is 245 g/mol. The second-order valence-corrected chi connectivity index (χ2v) is 4.26. The monoisotopic (exact) mass is 245 g/mol. The molecule has 0 unspecified atom stereocenters. The number of phenolic OH excluding ortho intramolecular Hbond substituents is 4. The molecule has 0 amide bonds. The summed E-state index contributed by atoms with van der Waals surface area (Å²) >= 11 is 0. The van der Waals surface area contributed by atoms with Crippen LogP contribution in [0.5, 0.6) is 23.0 Å². The fourth-order valence-electron chi connectivity index (χ4n) is 2.37. The molecule has 0 fully saturated rings. The van der Waals surface area contributed by atoms with E-state index in [0.717, 1.165) is 5.56 Å². The zero-order valence-electron chi connectivity index (χ0n) is 9.38. The molecule has 0 bridgehead atoms. The minimum atomic E-state index is -0.718. The van der Waals surface area contributed by atoms with E-state index in [2.05, 4.69) is 4.98 Å². The van der Waals surface area contributed by atoms with E-state index in [4.69, 9.17) is 0 Å². The van der Waals surface area contributed by atoms with Gasteiger partial charge in [-0.25, -0.2) is 0 Å². The van der Waals surface area contributed by atoms with Gasteiger partial charge in [0.05, 0.1) is 11.3 Å². The Balaban J connectivity index is 2.41. The molecule has 4 N–H and O–H groups in total. The van der Waals surface area contributed by atoms with Crippen LogP contribution in [0.2, 0.25) is 0 Å². The Labute approximate surface area is 103 Å². The van der Waals surface area contributed by atoms with Crippen LogP contribution < -0.4 is 0 Å². The van der Waals surface area contributed by atoms with E-state index in [1.807, 2.05) is 6.07 Å². The number of pyridine rings is 1. The van der Waals surface area contributed by atoms with Gasteiger partial charge in [-0.2, -0.15) is 0 Å². The van der Waals surface area contributed by atoms with Crippen LogP contribution in [0, 0.1) is 0 Å². The van der Waals surface area contributed by atoms with Crippen molar-refractivity contribution in [3.8, 4) is 34.3 Å². The molecule has 0 atom stereocenters. The number of fused-ring (bicyclic) bond motifs is 3. The Morgan fingerprint density at radius 1 is 0.889 bits per heavy atom. The molecule has 92 valence electrons. The molecule has 1 heterocycles. The molecule has 0 spiro atoms. The van der Waals surface area contributed by atoms with E-state index in [1.54, 1.807) is 12.3 Å². The largest absolute Gasteiger partial charge is 0.504 e. The van der Waals surface area contributed by atoms with E-state index in [1.165, 1.54) is 0 Å². The number of aromatic hydroxyl groups is 4. The topological polar surface area (TPSA) is 93.8 Å². The Morgan fingerprint density at radius 2 is 1.61 bits per heavy atom. The molecule has 1 aromatic heterocycles. The maximum Gasteiger partial charge on any atom is 0.205 e. The van der Waals surface area contributed by atoms with Crippen LogP contribution in [-0.2, 0) is 12.8 Å². The highest BCUT2D eigenvalue weighted by Gasteiger charge is 2.28. The van der Waals surface area contributed by atoms with Crippen molar-refractivity contribution in [2.45, 2.75) is 12.8 Å². The molecule has 3 rings (SSSR count). The number of rotatable bonds is 0. The molecule has 0 saturated carbocycles. The van der Waals surface area contributed by atoms with E-state index >= 15 is 0 Å². The van der Waals surface area contributed by atoms with Crippen LogP contribution in [0.15, 0.2) is 18.3 Å². The van der Waals surface area contributed by atoms with Crippen molar-refractivity contribution >= 4 is 0 Å². The summed E-state index contributed by atoms with van der Waals surface area (Å²) in [5, 5.41) is 38.9. The molecular weight excluding hydrogens is 234 g/mol. The maximum atomic E-state index is 9.93. The van der Waals surface area contributed by atoms with Crippen LogP contribution in [0.25, 0.3) is 11.3 Å². The molecule has 18 heavy (non-hydrogen) atoms. The van der Waals surface area contributed by atoms with Crippen molar-refractivity contribution < 1.29 is 20.4 Å². The third-order valence-corrected chi connectivity index (χ3v) is 3.27. The number of hydrogen-bond donors (Lipinski definition) is 4. The predicted molar refractivity (Wildman–Crippen MR) is 63.7 cm³/mol. The van der Waals surface area contributed by atoms with Gasteiger partial charge in [-0.15, -0.1) is 0 Å². The van der Waals surface area contributed by atoms with Gasteiger partial charge in [0.15, 0.2) is 11.5 Å². The van der Waals surface area contributed by atoms with Crippen molar-refractivity contribution in [2.24, 2.45) is 0 Å². The molecule has 1 aliphatic rings. The van der Waals surface area contributed by atoms with Crippen molar-refractivity contribution in [1.29, 1.82) is 0 Å². The average Bonchev–Trinajstić information content (AvgIpc) is 2.41. The van der Waals surface area contributed by atoms with Gasteiger partial charge in [-0.05, 0) is 24.5 Å². The van der Waals surface area contributed by atoms with E-state index < -0.39 is 23.0 Å². The Morgan fingerprint density at radius 3 is 2.39 bits per heavy atom. The number of aryl methyl sites for hydroxylation is 1. The second-order valence-electron chi connectivity index (χ2n) is 4.26. The van der Waals surface area contributed by atoms with Gasteiger partial charge in [-0.1, -0.05) is 6.07 Å². The molecule has 0 aliphatic heterocycles. The first-order valence-corrected chi connectivity index (χ1v) is 5.54. The molecule has 0 saturated heterocycles. The summed E-state index contributed by atoms with van der Waals surface area (Å²) in [7, 11) is 0. The van der Waals surface area contributed by atoms with Crippen molar-refractivity contribution in [3.05, 3.63) is 29.5 Å². The van der Waals surface area contributed by atoms with Crippen molar-refractivity contribution in [2.75, 3.05) is 0 Å². The molecule has 2 aromatic rings. The summed E-state index contributed by atoms with van der Waals surface area (Å²) < 4.78 is 0. The highest BCUT2D eigenvalue weighted by Crippen LogP contribution is 2.52. The van der Waals surface area contributed by atoms with Gasteiger partial charge in [0.25, 0.3) is 0 Å². The normalized spacial score (nSPS) is 12.9. The first-order chi connectivity index (χ1) is 8.61. The van der Waals surface area contributed by atoms with Gasteiger partial charge < -0.3 is 20.4 Å². The summed E-state index contributed by atoms with van der Waals surface area (Å²) in [6, 6.07) is 3.67. The number of phenols is 4.